The van der Waals surface area contributed by atoms with E-state index in [2.05, 4.69) is 25.9 Å². The van der Waals surface area contributed by atoms with Crippen LogP contribution in [0.1, 0.15) is 12.0 Å². The van der Waals surface area contributed by atoms with Gasteiger partial charge in [0.25, 0.3) is 0 Å². The second-order valence-electron chi connectivity index (χ2n) is 4.30. The fraction of sp³-hybridized carbons (Fsp3) is 0.250. The maximum absolute atomic E-state index is 11.7. The molecule has 3 rings (SSSR count). The summed E-state index contributed by atoms with van der Waals surface area (Å²) >= 11 is 0. The van der Waals surface area contributed by atoms with Crippen LogP contribution >= 0.6 is 0 Å². The van der Waals surface area contributed by atoms with E-state index < -0.39 is 0 Å². The molecule has 20 heavy (non-hydrogen) atoms. The van der Waals surface area contributed by atoms with E-state index in [1.807, 2.05) is 24.4 Å². The van der Waals surface area contributed by atoms with Crippen LogP contribution in [0.2, 0.25) is 0 Å². The molecule has 8 heteroatoms. The number of rotatable bonds is 5. The molecule has 0 saturated heterocycles. The summed E-state index contributed by atoms with van der Waals surface area (Å²) in [5.41, 5.74) is 1.98. The van der Waals surface area contributed by atoms with Gasteiger partial charge in [-0.05, 0) is 22.6 Å². The van der Waals surface area contributed by atoms with Gasteiger partial charge in [0.2, 0.25) is 5.91 Å². The van der Waals surface area contributed by atoms with Crippen LogP contribution in [0.4, 0.5) is 0 Å². The molecule has 0 aromatic carbocycles. The van der Waals surface area contributed by atoms with Gasteiger partial charge in [-0.3, -0.25) is 4.79 Å². The first-order valence-electron chi connectivity index (χ1n) is 6.21. The highest BCUT2D eigenvalue weighted by molar-refractivity contribution is 5.76. The summed E-state index contributed by atoms with van der Waals surface area (Å²) in [6, 6.07) is 5.82. The van der Waals surface area contributed by atoms with Gasteiger partial charge in [-0.1, -0.05) is 6.07 Å². The van der Waals surface area contributed by atoms with E-state index in [9.17, 15) is 4.79 Å². The molecule has 3 heterocycles. The topological polar surface area (TPSA) is 90.0 Å². The van der Waals surface area contributed by atoms with Crippen molar-refractivity contribution >= 4 is 11.4 Å². The molecule has 0 aliphatic rings. The average Bonchev–Trinajstić information content (AvgIpc) is 3.12. The van der Waals surface area contributed by atoms with Gasteiger partial charge in [0.1, 0.15) is 6.33 Å². The Labute approximate surface area is 114 Å². The number of nitrogens with one attached hydrogen (secondary N) is 1. The Morgan fingerprint density at radius 3 is 3.15 bits per heavy atom. The highest BCUT2D eigenvalue weighted by Gasteiger charge is 2.06. The van der Waals surface area contributed by atoms with Gasteiger partial charge in [0.15, 0.2) is 0 Å². The molecule has 3 aromatic heterocycles. The Morgan fingerprint density at radius 2 is 2.30 bits per heavy atom. The Morgan fingerprint density at radius 1 is 1.35 bits per heavy atom. The number of nitrogens with zero attached hydrogens (tertiary/aromatic N) is 6. The molecule has 3 aromatic rings. The molecule has 102 valence electrons. The van der Waals surface area contributed by atoms with E-state index in [4.69, 9.17) is 0 Å². The van der Waals surface area contributed by atoms with Crippen LogP contribution in [0.3, 0.4) is 0 Å². The van der Waals surface area contributed by atoms with Gasteiger partial charge in [0, 0.05) is 24.7 Å². The Hall–Kier alpha value is -2.77. The third kappa shape index (κ3) is 2.63. The van der Waals surface area contributed by atoms with Crippen molar-refractivity contribution in [3.05, 3.63) is 42.5 Å². The summed E-state index contributed by atoms with van der Waals surface area (Å²) in [6.07, 6.45) is 5.46. The second-order valence-corrected chi connectivity index (χ2v) is 4.30. The van der Waals surface area contributed by atoms with Gasteiger partial charge >= 0.3 is 0 Å². The fourth-order valence-corrected chi connectivity index (χ4v) is 1.90. The zero-order valence-corrected chi connectivity index (χ0v) is 10.7. The van der Waals surface area contributed by atoms with Crippen LogP contribution in [-0.2, 0) is 17.9 Å². The first-order chi connectivity index (χ1) is 9.83. The van der Waals surface area contributed by atoms with Crippen molar-refractivity contribution in [2.75, 3.05) is 0 Å². The zero-order valence-electron chi connectivity index (χ0n) is 10.7. The molecule has 0 spiro atoms. The van der Waals surface area contributed by atoms with Crippen molar-refractivity contribution in [2.24, 2.45) is 0 Å². The second kappa shape index (κ2) is 5.47. The van der Waals surface area contributed by atoms with E-state index in [1.54, 1.807) is 10.7 Å². The van der Waals surface area contributed by atoms with Crippen LogP contribution < -0.4 is 5.32 Å². The van der Waals surface area contributed by atoms with Crippen molar-refractivity contribution in [1.82, 2.24) is 35.1 Å². The van der Waals surface area contributed by atoms with Gasteiger partial charge in [-0.25, -0.2) is 9.20 Å². The first kappa shape index (κ1) is 12.3. The van der Waals surface area contributed by atoms with Crippen molar-refractivity contribution < 1.29 is 4.79 Å². The number of carbonyl (C=O) groups is 1. The lowest BCUT2D eigenvalue weighted by atomic mass is 10.2. The molecule has 0 atom stereocenters. The molecular weight excluding hydrogens is 258 g/mol. The largest absolute Gasteiger partial charge is 0.352 e. The third-order valence-corrected chi connectivity index (χ3v) is 2.94. The molecule has 0 aliphatic carbocycles. The predicted octanol–water partition coefficient (Wildman–Crippen LogP) is 0.0273. The number of pyridine rings is 1. The van der Waals surface area contributed by atoms with E-state index in [0.29, 0.717) is 19.5 Å². The summed E-state index contributed by atoms with van der Waals surface area (Å²) in [6.45, 7) is 0.926. The standard InChI is InChI=1S/C12H13N7O/c20-12(4-6-18-9-14-16-17-18)13-7-10-8-15-19-5-2-1-3-11(10)19/h1-3,5,8-9H,4,6-7H2,(H,13,20). The maximum Gasteiger partial charge on any atom is 0.222 e. The summed E-state index contributed by atoms with van der Waals surface area (Å²) < 4.78 is 3.30. The van der Waals surface area contributed by atoms with Gasteiger partial charge in [-0.2, -0.15) is 5.10 Å². The van der Waals surface area contributed by atoms with Crippen molar-refractivity contribution in [3.8, 4) is 0 Å². The Balaban J connectivity index is 1.55. The average molecular weight is 271 g/mol. The van der Waals surface area contributed by atoms with E-state index in [-0.39, 0.29) is 5.91 Å². The number of amides is 1. The normalized spacial score (nSPS) is 10.8. The molecule has 0 aliphatic heterocycles. The molecule has 0 bridgehead atoms. The van der Waals surface area contributed by atoms with Crippen molar-refractivity contribution in [2.45, 2.75) is 19.5 Å². The monoisotopic (exact) mass is 271 g/mol. The molecule has 0 unspecified atom stereocenters. The highest BCUT2D eigenvalue weighted by atomic mass is 16.1. The molecule has 0 radical (unpaired) electrons. The summed E-state index contributed by atoms with van der Waals surface area (Å²) in [4.78, 5) is 11.7. The number of aromatic nitrogens is 6. The Kier molecular flexibility index (Phi) is 3.36. The number of tetrazole rings is 1. The molecule has 0 fully saturated rings. The lowest BCUT2D eigenvalue weighted by Crippen LogP contribution is -2.24. The molecule has 0 saturated carbocycles. The minimum absolute atomic E-state index is 0.0456. The summed E-state index contributed by atoms with van der Waals surface area (Å²) in [5, 5.41) is 17.8. The van der Waals surface area contributed by atoms with Crippen molar-refractivity contribution in [1.29, 1.82) is 0 Å². The number of carbonyl (C=O) groups excluding carboxylic acids is 1. The van der Waals surface area contributed by atoms with Crippen LogP contribution in [0, 0.1) is 0 Å². The molecule has 1 amide bonds. The smallest absolute Gasteiger partial charge is 0.222 e. The van der Waals surface area contributed by atoms with Crippen molar-refractivity contribution in [3.63, 3.8) is 0 Å². The van der Waals surface area contributed by atoms with Crippen LogP contribution in [-0.4, -0.2) is 35.7 Å². The SMILES string of the molecule is O=C(CCn1cnnn1)NCc1cnn2ccccc12. The zero-order chi connectivity index (χ0) is 13.8. The maximum atomic E-state index is 11.7. The first-order valence-corrected chi connectivity index (χ1v) is 6.21. The predicted molar refractivity (Wildman–Crippen MR) is 69.5 cm³/mol. The number of fused-ring (bicyclic) bond motifs is 1. The van der Waals surface area contributed by atoms with Crippen LogP contribution in [0.5, 0.6) is 0 Å². The lowest BCUT2D eigenvalue weighted by Gasteiger charge is -2.04. The molecule has 8 nitrogen and oxygen atoms in total. The van der Waals surface area contributed by atoms with E-state index >= 15 is 0 Å². The Bertz CT molecular complexity index is 704. The van der Waals surface area contributed by atoms with Gasteiger partial charge in [-0.15, -0.1) is 5.10 Å². The van der Waals surface area contributed by atoms with E-state index in [0.717, 1.165) is 11.1 Å². The number of hydrogen-bond donors (Lipinski definition) is 1. The van der Waals surface area contributed by atoms with E-state index in [1.165, 1.54) is 11.0 Å². The van der Waals surface area contributed by atoms with Crippen LogP contribution in [0.15, 0.2) is 36.9 Å². The summed E-state index contributed by atoms with van der Waals surface area (Å²) in [5.74, 6) is -0.0456. The minimum atomic E-state index is -0.0456. The summed E-state index contributed by atoms with van der Waals surface area (Å²) in [7, 11) is 0. The molecular formula is C12H13N7O. The number of hydrogen-bond acceptors (Lipinski definition) is 5. The lowest BCUT2D eigenvalue weighted by molar-refractivity contribution is -0.121. The fourth-order valence-electron chi connectivity index (χ4n) is 1.90. The van der Waals surface area contributed by atoms with Crippen LogP contribution in [0.25, 0.3) is 5.52 Å². The molecule has 1 N–H and O–H groups in total. The number of aryl methyl sites for hydroxylation is 1. The quantitative estimate of drug-likeness (QED) is 0.707. The van der Waals surface area contributed by atoms with Gasteiger partial charge in [0.05, 0.1) is 18.3 Å². The highest BCUT2D eigenvalue weighted by Crippen LogP contribution is 2.09. The minimum Gasteiger partial charge on any atom is -0.352 e. The third-order valence-electron chi connectivity index (χ3n) is 2.94. The van der Waals surface area contributed by atoms with Gasteiger partial charge < -0.3 is 5.32 Å².